The average molecular weight is 320 g/mol. The minimum absolute atomic E-state index is 0.0200. The summed E-state index contributed by atoms with van der Waals surface area (Å²) in [6.45, 7) is 7.06. The average Bonchev–Trinajstić information content (AvgIpc) is 2.56. The molecule has 1 aromatic rings. The fourth-order valence-electron chi connectivity index (χ4n) is 2.23. The van der Waals surface area contributed by atoms with Crippen molar-refractivity contribution in [2.75, 3.05) is 20.3 Å². The zero-order valence-electron chi connectivity index (χ0n) is 14.5. The molecule has 1 aromatic carbocycles. The summed E-state index contributed by atoms with van der Waals surface area (Å²) in [5.74, 6) is -0.304. The minimum atomic E-state index is -0.507. The SMILES string of the molecule is COCCCNC(=O)C(C)N(Cc1ccccc1)C(=O)C(C)C. The normalized spacial score (nSPS) is 12.0. The molecular formula is C18H28N2O3. The first-order valence-corrected chi connectivity index (χ1v) is 8.08. The van der Waals surface area contributed by atoms with E-state index >= 15 is 0 Å². The molecule has 128 valence electrons. The van der Waals surface area contributed by atoms with E-state index in [1.807, 2.05) is 44.2 Å². The summed E-state index contributed by atoms with van der Waals surface area (Å²) in [6, 6.07) is 9.22. The third-order valence-corrected chi connectivity index (χ3v) is 3.64. The molecule has 0 fully saturated rings. The van der Waals surface area contributed by atoms with Gasteiger partial charge in [0.15, 0.2) is 0 Å². The van der Waals surface area contributed by atoms with Crippen molar-refractivity contribution < 1.29 is 14.3 Å². The van der Waals surface area contributed by atoms with Gasteiger partial charge in [0.1, 0.15) is 6.04 Å². The standard InChI is InChI=1S/C18H28N2O3/c1-14(2)18(22)20(13-16-9-6-5-7-10-16)15(3)17(21)19-11-8-12-23-4/h5-7,9-10,14-15H,8,11-13H2,1-4H3,(H,19,21). The zero-order chi connectivity index (χ0) is 17.2. The molecular weight excluding hydrogens is 292 g/mol. The Bertz CT molecular complexity index is 488. The number of amides is 2. The van der Waals surface area contributed by atoms with E-state index in [1.165, 1.54) is 0 Å². The van der Waals surface area contributed by atoms with Crippen LogP contribution in [0.3, 0.4) is 0 Å². The number of ether oxygens (including phenoxy) is 1. The minimum Gasteiger partial charge on any atom is -0.385 e. The third-order valence-electron chi connectivity index (χ3n) is 3.64. The monoisotopic (exact) mass is 320 g/mol. The number of nitrogens with zero attached hydrogens (tertiary/aromatic N) is 1. The van der Waals surface area contributed by atoms with Crippen molar-refractivity contribution in [3.63, 3.8) is 0 Å². The Kier molecular flexibility index (Phi) is 8.33. The Morgan fingerprint density at radius 1 is 1.17 bits per heavy atom. The second kappa shape index (κ2) is 10.0. The van der Waals surface area contributed by atoms with Crippen LogP contribution in [-0.4, -0.2) is 43.0 Å². The Morgan fingerprint density at radius 3 is 2.39 bits per heavy atom. The smallest absolute Gasteiger partial charge is 0.242 e. The van der Waals surface area contributed by atoms with Gasteiger partial charge in [0.25, 0.3) is 0 Å². The lowest BCUT2D eigenvalue weighted by Gasteiger charge is -2.30. The number of hydrogen-bond donors (Lipinski definition) is 1. The number of nitrogens with one attached hydrogen (secondary N) is 1. The van der Waals surface area contributed by atoms with Crippen LogP contribution < -0.4 is 5.32 Å². The molecule has 0 aromatic heterocycles. The van der Waals surface area contributed by atoms with Crippen molar-refractivity contribution in [2.24, 2.45) is 5.92 Å². The molecule has 1 unspecified atom stereocenters. The molecule has 0 saturated heterocycles. The van der Waals surface area contributed by atoms with Gasteiger partial charge in [-0.1, -0.05) is 44.2 Å². The van der Waals surface area contributed by atoms with Gasteiger partial charge in [-0.3, -0.25) is 9.59 Å². The van der Waals surface area contributed by atoms with E-state index in [4.69, 9.17) is 4.74 Å². The quantitative estimate of drug-likeness (QED) is 0.710. The summed E-state index contributed by atoms with van der Waals surface area (Å²) in [5.41, 5.74) is 1.01. The predicted octanol–water partition coefficient (Wildman–Crippen LogP) is 2.21. The van der Waals surface area contributed by atoms with Gasteiger partial charge in [-0.25, -0.2) is 0 Å². The summed E-state index contributed by atoms with van der Waals surface area (Å²) in [7, 11) is 1.63. The summed E-state index contributed by atoms with van der Waals surface area (Å²) < 4.78 is 4.96. The van der Waals surface area contributed by atoms with E-state index < -0.39 is 6.04 Å². The molecule has 0 aliphatic heterocycles. The fraction of sp³-hybridized carbons (Fsp3) is 0.556. The van der Waals surface area contributed by atoms with Crippen LogP contribution in [0, 0.1) is 5.92 Å². The van der Waals surface area contributed by atoms with Crippen LogP contribution in [0.2, 0.25) is 0 Å². The fourth-order valence-corrected chi connectivity index (χ4v) is 2.23. The van der Waals surface area contributed by atoms with E-state index in [1.54, 1.807) is 18.9 Å². The van der Waals surface area contributed by atoms with Crippen LogP contribution in [0.25, 0.3) is 0 Å². The zero-order valence-corrected chi connectivity index (χ0v) is 14.5. The van der Waals surface area contributed by atoms with E-state index in [0.717, 1.165) is 12.0 Å². The van der Waals surface area contributed by atoms with Gasteiger partial charge in [-0.2, -0.15) is 0 Å². The lowest BCUT2D eigenvalue weighted by molar-refractivity contribution is -0.143. The van der Waals surface area contributed by atoms with Gasteiger partial charge in [0, 0.05) is 32.7 Å². The molecule has 0 bridgehead atoms. The number of methoxy groups -OCH3 is 1. The number of rotatable bonds is 9. The number of benzene rings is 1. The van der Waals surface area contributed by atoms with E-state index in [0.29, 0.717) is 19.7 Å². The lowest BCUT2D eigenvalue weighted by Crippen LogP contribution is -2.49. The predicted molar refractivity (Wildman–Crippen MR) is 90.8 cm³/mol. The van der Waals surface area contributed by atoms with E-state index in [-0.39, 0.29) is 17.7 Å². The summed E-state index contributed by atoms with van der Waals surface area (Å²) in [6.07, 6.45) is 0.756. The number of hydrogen-bond acceptors (Lipinski definition) is 3. The van der Waals surface area contributed by atoms with Gasteiger partial charge in [0.2, 0.25) is 11.8 Å². The first kappa shape index (κ1) is 19.2. The van der Waals surface area contributed by atoms with Crippen LogP contribution in [-0.2, 0) is 20.9 Å². The van der Waals surface area contributed by atoms with Crippen LogP contribution >= 0.6 is 0 Å². The van der Waals surface area contributed by atoms with Crippen LogP contribution in [0.4, 0.5) is 0 Å². The van der Waals surface area contributed by atoms with Crippen LogP contribution in [0.1, 0.15) is 32.8 Å². The van der Waals surface area contributed by atoms with Gasteiger partial charge < -0.3 is 15.0 Å². The van der Waals surface area contributed by atoms with Gasteiger partial charge >= 0.3 is 0 Å². The molecule has 5 nitrogen and oxygen atoms in total. The molecule has 0 saturated carbocycles. The maximum atomic E-state index is 12.5. The van der Waals surface area contributed by atoms with Crippen molar-refractivity contribution in [1.82, 2.24) is 10.2 Å². The molecule has 2 amide bonds. The Hall–Kier alpha value is -1.88. The largest absolute Gasteiger partial charge is 0.385 e. The molecule has 1 rings (SSSR count). The molecule has 0 spiro atoms. The van der Waals surface area contributed by atoms with Crippen LogP contribution in [0.5, 0.6) is 0 Å². The second-order valence-corrected chi connectivity index (χ2v) is 5.92. The van der Waals surface area contributed by atoms with Crippen molar-refractivity contribution >= 4 is 11.8 Å². The van der Waals surface area contributed by atoms with E-state index in [9.17, 15) is 9.59 Å². The topological polar surface area (TPSA) is 58.6 Å². The molecule has 0 aliphatic rings. The first-order valence-electron chi connectivity index (χ1n) is 8.08. The molecule has 0 radical (unpaired) electrons. The second-order valence-electron chi connectivity index (χ2n) is 5.92. The maximum Gasteiger partial charge on any atom is 0.242 e. The maximum absolute atomic E-state index is 12.5. The molecule has 1 atom stereocenters. The Balaban J connectivity index is 2.74. The number of carbonyl (C=O) groups excluding carboxylic acids is 2. The van der Waals surface area contributed by atoms with Crippen LogP contribution in [0.15, 0.2) is 30.3 Å². The Labute approximate surface area is 139 Å². The van der Waals surface area contributed by atoms with E-state index in [2.05, 4.69) is 5.32 Å². The summed E-state index contributed by atoms with van der Waals surface area (Å²) in [5, 5.41) is 2.86. The lowest BCUT2D eigenvalue weighted by atomic mass is 10.1. The van der Waals surface area contributed by atoms with Gasteiger partial charge in [0.05, 0.1) is 0 Å². The summed E-state index contributed by atoms with van der Waals surface area (Å²) in [4.78, 5) is 26.5. The molecule has 5 heteroatoms. The highest BCUT2D eigenvalue weighted by molar-refractivity contribution is 5.88. The third kappa shape index (κ3) is 6.40. The number of carbonyl (C=O) groups is 2. The van der Waals surface area contributed by atoms with Crippen molar-refractivity contribution in [1.29, 1.82) is 0 Å². The highest BCUT2D eigenvalue weighted by Crippen LogP contribution is 2.13. The highest BCUT2D eigenvalue weighted by atomic mass is 16.5. The molecule has 23 heavy (non-hydrogen) atoms. The molecule has 0 heterocycles. The summed E-state index contributed by atoms with van der Waals surface area (Å²) >= 11 is 0. The highest BCUT2D eigenvalue weighted by Gasteiger charge is 2.27. The van der Waals surface area contributed by atoms with Crippen molar-refractivity contribution in [3.8, 4) is 0 Å². The first-order chi connectivity index (χ1) is 11.0. The molecule has 0 aliphatic carbocycles. The van der Waals surface area contributed by atoms with Crippen molar-refractivity contribution in [3.05, 3.63) is 35.9 Å². The molecule has 1 N–H and O–H groups in total. The van der Waals surface area contributed by atoms with Crippen molar-refractivity contribution in [2.45, 2.75) is 39.8 Å². The van der Waals surface area contributed by atoms with Gasteiger partial charge in [-0.15, -0.1) is 0 Å². The van der Waals surface area contributed by atoms with Gasteiger partial charge in [-0.05, 0) is 18.9 Å². The Morgan fingerprint density at radius 2 is 1.83 bits per heavy atom.